The van der Waals surface area contributed by atoms with E-state index in [0.717, 1.165) is 56.8 Å². The van der Waals surface area contributed by atoms with E-state index in [1.54, 1.807) is 0 Å². The summed E-state index contributed by atoms with van der Waals surface area (Å²) in [6, 6.07) is 7.71. The molecule has 134 valence electrons. The third-order valence-electron chi connectivity index (χ3n) is 4.78. The molecule has 1 unspecified atom stereocenters. The summed E-state index contributed by atoms with van der Waals surface area (Å²) in [5, 5.41) is 9.35. The van der Waals surface area contributed by atoms with Crippen molar-refractivity contribution >= 4 is 5.97 Å². The Morgan fingerprint density at radius 1 is 1.25 bits per heavy atom. The third kappa shape index (κ3) is 5.49. The highest BCUT2D eigenvalue weighted by molar-refractivity contribution is 5.73. The normalized spacial score (nSPS) is 18.7. The number of benzene rings is 1. The van der Waals surface area contributed by atoms with Gasteiger partial charge in [-0.15, -0.1) is 0 Å². The van der Waals surface area contributed by atoms with E-state index >= 15 is 0 Å². The number of hydrogen-bond donors (Lipinski definition) is 1. The molecule has 0 saturated carbocycles. The van der Waals surface area contributed by atoms with Crippen molar-refractivity contribution in [2.75, 3.05) is 32.8 Å². The fourth-order valence-electron chi connectivity index (χ4n) is 3.22. The molecule has 1 saturated heterocycles. The average molecular weight is 334 g/mol. The van der Waals surface area contributed by atoms with Gasteiger partial charge < -0.3 is 14.7 Å². The van der Waals surface area contributed by atoms with Crippen molar-refractivity contribution in [3.05, 3.63) is 29.8 Å². The number of carboxylic acid groups (broad SMARTS) is 1. The molecule has 1 fully saturated rings. The lowest BCUT2D eigenvalue weighted by atomic mass is 10.0. The number of likely N-dealkylation sites (tertiary alicyclic amines) is 1. The lowest BCUT2D eigenvalue weighted by Crippen LogP contribution is -2.43. The number of likely N-dealkylation sites (N-methyl/N-ethyl adjacent to an activating group) is 1. The molecule has 0 aliphatic carbocycles. The van der Waals surface area contributed by atoms with E-state index in [9.17, 15) is 9.90 Å². The van der Waals surface area contributed by atoms with E-state index in [0.29, 0.717) is 13.2 Å². The van der Waals surface area contributed by atoms with Crippen LogP contribution in [0.4, 0.5) is 0 Å². The third-order valence-corrected chi connectivity index (χ3v) is 4.78. The molecule has 5 nitrogen and oxygen atoms in total. The summed E-state index contributed by atoms with van der Waals surface area (Å²) in [5.41, 5.74) is 1.14. The number of carboxylic acids is 1. The second-order valence-electron chi connectivity index (χ2n) is 6.34. The van der Waals surface area contributed by atoms with E-state index in [4.69, 9.17) is 4.74 Å². The Morgan fingerprint density at radius 3 is 2.58 bits per heavy atom. The van der Waals surface area contributed by atoms with Gasteiger partial charge in [-0.2, -0.15) is 0 Å². The van der Waals surface area contributed by atoms with Crippen molar-refractivity contribution in [2.45, 2.75) is 45.7 Å². The molecular formula is C19H30N2O3. The van der Waals surface area contributed by atoms with Crippen LogP contribution in [-0.4, -0.2) is 59.7 Å². The summed E-state index contributed by atoms with van der Waals surface area (Å²) in [6.07, 6.45) is 2.84. The Hall–Kier alpha value is -1.59. The highest BCUT2D eigenvalue weighted by Gasteiger charge is 2.28. The zero-order chi connectivity index (χ0) is 17.4. The number of rotatable bonds is 9. The van der Waals surface area contributed by atoms with Crippen LogP contribution in [0.5, 0.6) is 5.75 Å². The van der Waals surface area contributed by atoms with Crippen molar-refractivity contribution in [2.24, 2.45) is 0 Å². The molecule has 2 rings (SSSR count). The molecule has 0 aromatic heterocycles. The van der Waals surface area contributed by atoms with E-state index in [2.05, 4.69) is 23.6 Å². The van der Waals surface area contributed by atoms with Gasteiger partial charge in [-0.25, -0.2) is 0 Å². The van der Waals surface area contributed by atoms with Crippen molar-refractivity contribution in [1.82, 2.24) is 9.80 Å². The Morgan fingerprint density at radius 2 is 1.96 bits per heavy atom. The Labute approximate surface area is 145 Å². The number of hydrogen-bond acceptors (Lipinski definition) is 4. The SMILES string of the molecule is CCN(CC)CCOc1ccc(CN2CCCCC2C(=O)O)cc1. The average Bonchev–Trinajstić information content (AvgIpc) is 2.60. The topological polar surface area (TPSA) is 53.0 Å². The minimum atomic E-state index is -0.703. The highest BCUT2D eigenvalue weighted by atomic mass is 16.5. The molecule has 0 amide bonds. The van der Waals surface area contributed by atoms with Gasteiger partial charge in [0.25, 0.3) is 0 Å². The van der Waals surface area contributed by atoms with Gasteiger partial charge in [0.15, 0.2) is 0 Å². The monoisotopic (exact) mass is 334 g/mol. The molecule has 0 radical (unpaired) electrons. The van der Waals surface area contributed by atoms with Crippen molar-refractivity contribution < 1.29 is 14.6 Å². The second-order valence-corrected chi connectivity index (χ2v) is 6.34. The quantitative estimate of drug-likeness (QED) is 0.752. The van der Waals surface area contributed by atoms with Gasteiger partial charge in [-0.05, 0) is 50.2 Å². The fraction of sp³-hybridized carbons (Fsp3) is 0.632. The van der Waals surface area contributed by atoms with E-state index < -0.39 is 5.97 Å². The zero-order valence-electron chi connectivity index (χ0n) is 14.9. The maximum Gasteiger partial charge on any atom is 0.320 e. The fourth-order valence-corrected chi connectivity index (χ4v) is 3.22. The largest absolute Gasteiger partial charge is 0.492 e. The van der Waals surface area contributed by atoms with Gasteiger partial charge in [0, 0.05) is 13.1 Å². The first kappa shape index (κ1) is 18.7. The molecule has 24 heavy (non-hydrogen) atoms. The molecule has 1 aromatic carbocycles. The summed E-state index contributed by atoms with van der Waals surface area (Å²) in [4.78, 5) is 15.8. The molecule has 5 heteroatoms. The lowest BCUT2D eigenvalue weighted by molar-refractivity contribution is -0.144. The first-order valence-electron chi connectivity index (χ1n) is 9.05. The van der Waals surface area contributed by atoms with Crippen LogP contribution in [0.15, 0.2) is 24.3 Å². The molecular weight excluding hydrogens is 304 g/mol. The van der Waals surface area contributed by atoms with Crippen LogP contribution in [0.1, 0.15) is 38.7 Å². The summed E-state index contributed by atoms with van der Waals surface area (Å²) in [7, 11) is 0. The maximum absolute atomic E-state index is 11.4. The van der Waals surface area contributed by atoms with Crippen LogP contribution in [0.25, 0.3) is 0 Å². The zero-order valence-corrected chi connectivity index (χ0v) is 14.9. The number of nitrogens with zero attached hydrogens (tertiary/aromatic N) is 2. The summed E-state index contributed by atoms with van der Waals surface area (Å²) in [5.74, 6) is 0.172. The summed E-state index contributed by atoms with van der Waals surface area (Å²) in [6.45, 7) is 9.57. The van der Waals surface area contributed by atoms with Crippen LogP contribution >= 0.6 is 0 Å². The van der Waals surface area contributed by atoms with Crippen LogP contribution in [0.2, 0.25) is 0 Å². The van der Waals surface area contributed by atoms with Gasteiger partial charge >= 0.3 is 5.97 Å². The number of carbonyl (C=O) groups is 1. The lowest BCUT2D eigenvalue weighted by Gasteiger charge is -2.32. The Kier molecular flexibility index (Phi) is 7.53. The number of aliphatic carboxylic acids is 1. The predicted octanol–water partition coefficient (Wildman–Crippen LogP) is 2.85. The summed E-state index contributed by atoms with van der Waals surface area (Å²) < 4.78 is 5.80. The first-order valence-corrected chi connectivity index (χ1v) is 9.05. The Bertz CT molecular complexity index is 500. The highest BCUT2D eigenvalue weighted by Crippen LogP contribution is 2.21. The van der Waals surface area contributed by atoms with Gasteiger partial charge in [0.1, 0.15) is 18.4 Å². The molecule has 1 aliphatic heterocycles. The molecule has 1 N–H and O–H groups in total. The van der Waals surface area contributed by atoms with Gasteiger partial charge in [0.05, 0.1) is 0 Å². The first-order chi connectivity index (χ1) is 11.6. The Balaban J connectivity index is 1.84. The molecule has 0 bridgehead atoms. The summed E-state index contributed by atoms with van der Waals surface area (Å²) >= 11 is 0. The van der Waals surface area contributed by atoms with Crippen molar-refractivity contribution in [1.29, 1.82) is 0 Å². The maximum atomic E-state index is 11.4. The standard InChI is InChI=1S/C19H30N2O3/c1-3-20(4-2)13-14-24-17-10-8-16(9-11-17)15-21-12-6-5-7-18(21)19(22)23/h8-11,18H,3-7,12-15H2,1-2H3,(H,22,23). The number of piperidine rings is 1. The van der Waals surface area contributed by atoms with Crippen LogP contribution < -0.4 is 4.74 Å². The predicted molar refractivity (Wildman–Crippen MR) is 95.4 cm³/mol. The van der Waals surface area contributed by atoms with Gasteiger partial charge in [0.2, 0.25) is 0 Å². The van der Waals surface area contributed by atoms with E-state index in [1.807, 2.05) is 24.3 Å². The van der Waals surface area contributed by atoms with Crippen LogP contribution in [0.3, 0.4) is 0 Å². The molecule has 1 heterocycles. The van der Waals surface area contributed by atoms with Crippen LogP contribution in [-0.2, 0) is 11.3 Å². The second kappa shape index (κ2) is 9.64. The van der Waals surface area contributed by atoms with Crippen molar-refractivity contribution in [3.8, 4) is 5.75 Å². The molecule has 1 atom stereocenters. The minimum absolute atomic E-state index is 0.344. The molecule has 1 aromatic rings. The van der Waals surface area contributed by atoms with Crippen molar-refractivity contribution in [3.63, 3.8) is 0 Å². The van der Waals surface area contributed by atoms with Crippen LogP contribution in [0, 0.1) is 0 Å². The van der Waals surface area contributed by atoms with E-state index in [-0.39, 0.29) is 6.04 Å². The van der Waals surface area contributed by atoms with E-state index in [1.165, 1.54) is 0 Å². The molecule has 0 spiro atoms. The van der Waals surface area contributed by atoms with Gasteiger partial charge in [-0.1, -0.05) is 32.4 Å². The number of ether oxygens (including phenoxy) is 1. The van der Waals surface area contributed by atoms with Gasteiger partial charge in [-0.3, -0.25) is 9.69 Å². The molecule has 1 aliphatic rings. The smallest absolute Gasteiger partial charge is 0.320 e. The minimum Gasteiger partial charge on any atom is -0.492 e.